The number of carboxylic acids is 1. The van der Waals surface area contributed by atoms with Gasteiger partial charge < -0.3 is 19.9 Å². The molecule has 0 saturated carbocycles. The fourth-order valence-corrected chi connectivity index (χ4v) is 1.66. The Balaban J connectivity index is 2.20. The predicted molar refractivity (Wildman–Crippen MR) is 64.1 cm³/mol. The van der Waals surface area contributed by atoms with Gasteiger partial charge in [0.05, 0.1) is 13.2 Å². The van der Waals surface area contributed by atoms with Gasteiger partial charge in [-0.15, -0.1) is 0 Å². The molecule has 2 N–H and O–H groups in total. The molecule has 5 nitrogen and oxygen atoms in total. The lowest BCUT2D eigenvalue weighted by atomic mass is 9.96. The number of carbonyl (C=O) groups is 1. The molecule has 0 spiro atoms. The zero-order chi connectivity index (χ0) is 12.7. The summed E-state index contributed by atoms with van der Waals surface area (Å²) < 4.78 is 10.5. The van der Waals surface area contributed by atoms with Crippen molar-refractivity contribution in [2.24, 2.45) is 0 Å². The van der Waals surface area contributed by atoms with Crippen molar-refractivity contribution in [2.75, 3.05) is 26.4 Å². The van der Waals surface area contributed by atoms with Crippen molar-refractivity contribution in [3.05, 3.63) is 0 Å². The first-order valence-electron chi connectivity index (χ1n) is 6.26. The van der Waals surface area contributed by atoms with Crippen molar-refractivity contribution in [3.8, 4) is 0 Å². The summed E-state index contributed by atoms with van der Waals surface area (Å²) in [5.74, 6) is -0.794. The monoisotopic (exact) mass is 245 g/mol. The maximum atomic E-state index is 11.2. The van der Waals surface area contributed by atoms with Crippen LogP contribution in [-0.2, 0) is 14.3 Å². The Hall–Kier alpha value is -0.650. The van der Waals surface area contributed by atoms with Crippen molar-refractivity contribution >= 4 is 5.97 Å². The van der Waals surface area contributed by atoms with Gasteiger partial charge >= 0.3 is 5.97 Å². The average molecular weight is 245 g/mol. The lowest BCUT2D eigenvalue weighted by Gasteiger charge is -2.28. The second kappa shape index (κ2) is 6.93. The van der Waals surface area contributed by atoms with Gasteiger partial charge in [0.25, 0.3) is 0 Å². The first-order valence-corrected chi connectivity index (χ1v) is 6.26. The number of nitrogens with one attached hydrogen (secondary N) is 1. The van der Waals surface area contributed by atoms with E-state index in [4.69, 9.17) is 9.47 Å². The SMILES string of the molecule is CCCNC(C)(CCCOC1COC1)C(=O)O. The quantitative estimate of drug-likeness (QED) is 0.594. The number of hydrogen-bond donors (Lipinski definition) is 2. The Labute approximate surface area is 102 Å². The van der Waals surface area contributed by atoms with Crippen LogP contribution in [0.1, 0.15) is 33.1 Å². The molecule has 1 heterocycles. The number of aliphatic carboxylic acids is 1. The molecule has 0 aliphatic carbocycles. The van der Waals surface area contributed by atoms with E-state index < -0.39 is 11.5 Å². The summed E-state index contributed by atoms with van der Waals surface area (Å²) in [6, 6.07) is 0. The van der Waals surface area contributed by atoms with Crippen molar-refractivity contribution < 1.29 is 19.4 Å². The summed E-state index contributed by atoms with van der Waals surface area (Å²) in [6.07, 6.45) is 2.47. The summed E-state index contributed by atoms with van der Waals surface area (Å²) in [7, 11) is 0. The molecule has 1 atom stereocenters. The Morgan fingerprint density at radius 3 is 2.76 bits per heavy atom. The molecule has 1 saturated heterocycles. The van der Waals surface area contributed by atoms with E-state index in [1.165, 1.54) is 0 Å². The number of rotatable bonds is 9. The van der Waals surface area contributed by atoms with E-state index in [2.05, 4.69) is 5.32 Å². The lowest BCUT2D eigenvalue weighted by molar-refractivity contribution is -0.145. The second-order valence-corrected chi connectivity index (χ2v) is 4.70. The molecule has 1 rings (SSSR count). The summed E-state index contributed by atoms with van der Waals surface area (Å²) in [5, 5.41) is 12.3. The van der Waals surface area contributed by atoms with E-state index in [-0.39, 0.29) is 6.10 Å². The van der Waals surface area contributed by atoms with Crippen LogP contribution in [-0.4, -0.2) is 49.1 Å². The van der Waals surface area contributed by atoms with Crippen molar-refractivity contribution in [2.45, 2.75) is 44.8 Å². The van der Waals surface area contributed by atoms with Crippen molar-refractivity contribution in [3.63, 3.8) is 0 Å². The minimum atomic E-state index is -0.838. The molecule has 1 unspecified atom stereocenters. The highest BCUT2D eigenvalue weighted by Crippen LogP contribution is 2.14. The Bertz CT molecular complexity index is 243. The lowest BCUT2D eigenvalue weighted by Crippen LogP contribution is -2.50. The van der Waals surface area contributed by atoms with Gasteiger partial charge in [-0.05, 0) is 32.7 Å². The Morgan fingerprint density at radius 1 is 1.59 bits per heavy atom. The van der Waals surface area contributed by atoms with E-state index in [9.17, 15) is 9.90 Å². The second-order valence-electron chi connectivity index (χ2n) is 4.70. The van der Waals surface area contributed by atoms with E-state index >= 15 is 0 Å². The molecule has 100 valence electrons. The van der Waals surface area contributed by atoms with Crippen molar-refractivity contribution in [1.29, 1.82) is 0 Å². The highest BCUT2D eigenvalue weighted by Gasteiger charge is 2.31. The molecule has 0 radical (unpaired) electrons. The molecule has 0 bridgehead atoms. The summed E-state index contributed by atoms with van der Waals surface area (Å²) in [6.45, 7) is 6.42. The minimum Gasteiger partial charge on any atom is -0.480 e. The van der Waals surface area contributed by atoms with Crippen LogP contribution in [0.15, 0.2) is 0 Å². The molecule has 17 heavy (non-hydrogen) atoms. The molecule has 0 aromatic rings. The van der Waals surface area contributed by atoms with Crippen molar-refractivity contribution in [1.82, 2.24) is 5.32 Å². The first-order chi connectivity index (χ1) is 8.08. The third-order valence-corrected chi connectivity index (χ3v) is 3.02. The molecule has 1 aliphatic heterocycles. The van der Waals surface area contributed by atoms with Gasteiger partial charge in [0.15, 0.2) is 0 Å². The van der Waals surface area contributed by atoms with E-state index in [0.29, 0.717) is 26.2 Å². The van der Waals surface area contributed by atoms with Crippen LogP contribution < -0.4 is 5.32 Å². The number of ether oxygens (including phenoxy) is 2. The molecule has 5 heteroatoms. The van der Waals surface area contributed by atoms with E-state index in [0.717, 1.165) is 19.4 Å². The highest BCUT2D eigenvalue weighted by molar-refractivity contribution is 5.78. The van der Waals surface area contributed by atoms with Gasteiger partial charge in [-0.25, -0.2) is 0 Å². The number of carboxylic acid groups (broad SMARTS) is 1. The molecular formula is C12H23NO4. The fourth-order valence-electron chi connectivity index (χ4n) is 1.66. The van der Waals surface area contributed by atoms with Crippen LogP contribution in [0.2, 0.25) is 0 Å². The molecule has 0 aromatic heterocycles. The normalized spacial score (nSPS) is 19.6. The van der Waals surface area contributed by atoms with Crippen LogP contribution in [0.25, 0.3) is 0 Å². The third-order valence-electron chi connectivity index (χ3n) is 3.02. The third kappa shape index (κ3) is 4.61. The molecule has 1 fully saturated rings. The minimum absolute atomic E-state index is 0.217. The van der Waals surface area contributed by atoms with Crippen LogP contribution in [0.5, 0.6) is 0 Å². The maximum absolute atomic E-state index is 11.2. The van der Waals surface area contributed by atoms with E-state index in [1.807, 2.05) is 6.92 Å². The Kier molecular flexibility index (Phi) is 5.88. The van der Waals surface area contributed by atoms with Gasteiger partial charge in [0, 0.05) is 6.61 Å². The van der Waals surface area contributed by atoms with Gasteiger partial charge in [-0.2, -0.15) is 0 Å². The molecule has 0 amide bonds. The summed E-state index contributed by atoms with van der Waals surface area (Å²) in [4.78, 5) is 11.2. The summed E-state index contributed by atoms with van der Waals surface area (Å²) in [5.41, 5.74) is -0.838. The van der Waals surface area contributed by atoms with Gasteiger partial charge in [-0.3, -0.25) is 4.79 Å². The Morgan fingerprint density at radius 2 is 2.29 bits per heavy atom. The average Bonchev–Trinajstić information content (AvgIpc) is 2.23. The predicted octanol–water partition coefficient (Wildman–Crippen LogP) is 1.02. The topological polar surface area (TPSA) is 67.8 Å². The van der Waals surface area contributed by atoms with Crippen LogP contribution in [0.4, 0.5) is 0 Å². The highest BCUT2D eigenvalue weighted by atomic mass is 16.6. The van der Waals surface area contributed by atoms with Gasteiger partial charge in [-0.1, -0.05) is 6.92 Å². The smallest absolute Gasteiger partial charge is 0.323 e. The zero-order valence-corrected chi connectivity index (χ0v) is 10.7. The first kappa shape index (κ1) is 14.4. The summed E-state index contributed by atoms with van der Waals surface area (Å²) >= 11 is 0. The molecule has 0 aromatic carbocycles. The van der Waals surface area contributed by atoms with Crippen LogP contribution in [0, 0.1) is 0 Å². The maximum Gasteiger partial charge on any atom is 0.323 e. The number of hydrogen-bond acceptors (Lipinski definition) is 4. The van der Waals surface area contributed by atoms with Crippen LogP contribution in [0.3, 0.4) is 0 Å². The van der Waals surface area contributed by atoms with E-state index in [1.54, 1.807) is 6.92 Å². The molecular weight excluding hydrogens is 222 g/mol. The van der Waals surface area contributed by atoms with Gasteiger partial charge in [0.1, 0.15) is 11.6 Å². The standard InChI is InChI=1S/C12H23NO4/c1-3-6-13-12(2,11(14)15)5-4-7-17-10-8-16-9-10/h10,13H,3-9H2,1-2H3,(H,14,15). The van der Waals surface area contributed by atoms with Gasteiger partial charge in [0.2, 0.25) is 0 Å². The molecule has 1 aliphatic rings. The fraction of sp³-hybridized carbons (Fsp3) is 0.917. The largest absolute Gasteiger partial charge is 0.480 e. The van der Waals surface area contributed by atoms with Crippen LogP contribution >= 0.6 is 0 Å². The zero-order valence-electron chi connectivity index (χ0n) is 10.7.